The Morgan fingerprint density at radius 3 is 2.74 bits per heavy atom. The summed E-state index contributed by atoms with van der Waals surface area (Å²) < 4.78 is 13.8. The Balaban J connectivity index is 2.34. The monoisotopic (exact) mass is 264 g/mol. The topological polar surface area (TPSA) is 29.3 Å². The first kappa shape index (κ1) is 14.3. The number of aryl methyl sites for hydroxylation is 1. The predicted octanol–water partition coefficient (Wildman–Crippen LogP) is 3.78. The fourth-order valence-electron chi connectivity index (χ4n) is 2.82. The van der Waals surface area contributed by atoms with Gasteiger partial charge in [-0.25, -0.2) is 4.39 Å². The molecule has 1 saturated heterocycles. The van der Waals surface area contributed by atoms with Gasteiger partial charge in [0.15, 0.2) is 0 Å². The highest BCUT2D eigenvalue weighted by Crippen LogP contribution is 2.30. The van der Waals surface area contributed by atoms with Gasteiger partial charge in [0.05, 0.1) is 0 Å². The lowest BCUT2D eigenvalue weighted by atomic mass is 10.0. The fourth-order valence-corrected chi connectivity index (χ4v) is 2.82. The maximum absolute atomic E-state index is 13.8. The number of benzene rings is 1. The Hall–Kier alpha value is -1.09. The van der Waals surface area contributed by atoms with Gasteiger partial charge in [-0.1, -0.05) is 6.92 Å². The van der Waals surface area contributed by atoms with Crippen LogP contribution >= 0.6 is 0 Å². The lowest BCUT2D eigenvalue weighted by Crippen LogP contribution is -2.26. The van der Waals surface area contributed by atoms with Gasteiger partial charge >= 0.3 is 0 Å². The molecule has 0 bridgehead atoms. The maximum atomic E-state index is 13.8. The number of anilines is 1. The quantitative estimate of drug-likeness (QED) is 0.880. The largest absolute Gasteiger partial charge is 0.371 e. The molecule has 2 N–H and O–H groups in total. The predicted molar refractivity (Wildman–Crippen MR) is 79.0 cm³/mol. The Kier molecular flexibility index (Phi) is 4.46. The SMILES string of the molecule is Cc1cc(N2CCCC(C)CC2)c([C@H](C)N)cc1F. The van der Waals surface area contributed by atoms with E-state index in [9.17, 15) is 4.39 Å². The molecule has 3 heteroatoms. The van der Waals surface area contributed by atoms with Crippen molar-refractivity contribution in [3.8, 4) is 0 Å². The molecule has 1 heterocycles. The minimum absolute atomic E-state index is 0.134. The second-order valence-electron chi connectivity index (χ2n) is 5.97. The number of hydrogen-bond acceptors (Lipinski definition) is 2. The van der Waals surface area contributed by atoms with Crippen molar-refractivity contribution in [2.24, 2.45) is 11.7 Å². The molecule has 0 amide bonds. The third kappa shape index (κ3) is 3.27. The van der Waals surface area contributed by atoms with Gasteiger partial charge in [-0.15, -0.1) is 0 Å². The van der Waals surface area contributed by atoms with Crippen molar-refractivity contribution in [1.29, 1.82) is 0 Å². The van der Waals surface area contributed by atoms with Crippen LogP contribution in [-0.4, -0.2) is 13.1 Å². The molecule has 0 saturated carbocycles. The van der Waals surface area contributed by atoms with Crippen molar-refractivity contribution in [2.75, 3.05) is 18.0 Å². The van der Waals surface area contributed by atoms with Gasteiger partial charge in [-0.05, 0) is 62.3 Å². The third-order valence-electron chi connectivity index (χ3n) is 4.16. The molecule has 0 spiro atoms. The highest BCUT2D eigenvalue weighted by molar-refractivity contribution is 5.57. The van der Waals surface area contributed by atoms with E-state index in [-0.39, 0.29) is 11.9 Å². The standard InChI is InChI=1S/C16H25FN2/c1-11-5-4-7-19(8-6-11)16-9-12(2)15(17)10-14(16)13(3)18/h9-11,13H,4-8,18H2,1-3H3/t11?,13-/m0/s1. The summed E-state index contributed by atoms with van der Waals surface area (Å²) in [4.78, 5) is 2.38. The van der Waals surface area contributed by atoms with E-state index in [0.717, 1.165) is 30.3 Å². The lowest BCUT2D eigenvalue weighted by molar-refractivity contribution is 0.521. The molecule has 0 aliphatic carbocycles. The van der Waals surface area contributed by atoms with Crippen LogP contribution in [0.5, 0.6) is 0 Å². The van der Waals surface area contributed by atoms with E-state index >= 15 is 0 Å². The lowest BCUT2D eigenvalue weighted by Gasteiger charge is -2.27. The van der Waals surface area contributed by atoms with Crippen molar-refractivity contribution in [1.82, 2.24) is 0 Å². The molecule has 0 radical (unpaired) electrons. The van der Waals surface area contributed by atoms with Crippen LogP contribution in [0.15, 0.2) is 12.1 Å². The van der Waals surface area contributed by atoms with Crippen LogP contribution in [0.25, 0.3) is 0 Å². The first-order valence-electron chi connectivity index (χ1n) is 7.29. The minimum Gasteiger partial charge on any atom is -0.371 e. The summed E-state index contributed by atoms with van der Waals surface area (Å²) in [6.07, 6.45) is 3.69. The van der Waals surface area contributed by atoms with Crippen LogP contribution in [-0.2, 0) is 0 Å². The number of nitrogens with zero attached hydrogens (tertiary/aromatic N) is 1. The molecular formula is C16H25FN2. The van der Waals surface area contributed by atoms with Gasteiger partial charge in [-0.3, -0.25) is 0 Å². The summed E-state index contributed by atoms with van der Waals surface area (Å²) >= 11 is 0. The Bertz CT molecular complexity index is 443. The fraction of sp³-hybridized carbons (Fsp3) is 0.625. The van der Waals surface area contributed by atoms with Crippen LogP contribution in [0.2, 0.25) is 0 Å². The molecule has 106 valence electrons. The average Bonchev–Trinajstić information content (AvgIpc) is 2.57. The second kappa shape index (κ2) is 5.91. The van der Waals surface area contributed by atoms with Crippen LogP contribution < -0.4 is 10.6 Å². The smallest absolute Gasteiger partial charge is 0.126 e. The number of nitrogens with two attached hydrogens (primary N) is 1. The number of rotatable bonds is 2. The van der Waals surface area contributed by atoms with E-state index in [1.165, 1.54) is 19.3 Å². The highest BCUT2D eigenvalue weighted by Gasteiger charge is 2.19. The molecule has 19 heavy (non-hydrogen) atoms. The summed E-state index contributed by atoms with van der Waals surface area (Å²) in [5.74, 6) is 0.629. The van der Waals surface area contributed by atoms with Crippen molar-refractivity contribution < 1.29 is 4.39 Å². The molecule has 2 nitrogen and oxygen atoms in total. The first-order chi connectivity index (χ1) is 8.99. The van der Waals surface area contributed by atoms with E-state index in [2.05, 4.69) is 11.8 Å². The third-order valence-corrected chi connectivity index (χ3v) is 4.16. The number of halogens is 1. The second-order valence-corrected chi connectivity index (χ2v) is 5.97. The molecule has 1 aromatic rings. The highest BCUT2D eigenvalue weighted by atomic mass is 19.1. The van der Waals surface area contributed by atoms with Crippen LogP contribution in [0.1, 0.15) is 50.3 Å². The summed E-state index contributed by atoms with van der Waals surface area (Å²) in [6, 6.07) is 3.44. The van der Waals surface area contributed by atoms with Gasteiger partial charge in [-0.2, -0.15) is 0 Å². The van der Waals surface area contributed by atoms with E-state index < -0.39 is 0 Å². The van der Waals surface area contributed by atoms with E-state index in [1.807, 2.05) is 19.9 Å². The Morgan fingerprint density at radius 1 is 1.32 bits per heavy atom. The molecule has 1 aliphatic heterocycles. The Morgan fingerprint density at radius 2 is 2.05 bits per heavy atom. The van der Waals surface area contributed by atoms with E-state index in [0.29, 0.717) is 5.56 Å². The van der Waals surface area contributed by atoms with Crippen molar-refractivity contribution in [2.45, 2.75) is 46.1 Å². The van der Waals surface area contributed by atoms with Crippen LogP contribution in [0.3, 0.4) is 0 Å². The van der Waals surface area contributed by atoms with Crippen molar-refractivity contribution in [3.63, 3.8) is 0 Å². The van der Waals surface area contributed by atoms with Crippen molar-refractivity contribution >= 4 is 5.69 Å². The molecule has 2 atom stereocenters. The zero-order valence-corrected chi connectivity index (χ0v) is 12.2. The zero-order chi connectivity index (χ0) is 14.0. The Labute approximate surface area is 115 Å². The van der Waals surface area contributed by atoms with Gasteiger partial charge in [0, 0.05) is 24.8 Å². The van der Waals surface area contributed by atoms with Gasteiger partial charge < -0.3 is 10.6 Å². The molecular weight excluding hydrogens is 239 g/mol. The zero-order valence-electron chi connectivity index (χ0n) is 12.2. The molecule has 0 aromatic heterocycles. The van der Waals surface area contributed by atoms with Gasteiger partial charge in [0.2, 0.25) is 0 Å². The van der Waals surface area contributed by atoms with E-state index in [1.54, 1.807) is 6.07 Å². The number of hydrogen-bond donors (Lipinski definition) is 1. The van der Waals surface area contributed by atoms with E-state index in [4.69, 9.17) is 5.73 Å². The van der Waals surface area contributed by atoms with Gasteiger partial charge in [0.1, 0.15) is 5.82 Å². The molecule has 1 aromatic carbocycles. The summed E-state index contributed by atoms with van der Waals surface area (Å²) in [5, 5.41) is 0. The average molecular weight is 264 g/mol. The first-order valence-corrected chi connectivity index (χ1v) is 7.29. The normalized spacial score (nSPS) is 22.2. The van der Waals surface area contributed by atoms with Crippen LogP contribution in [0.4, 0.5) is 10.1 Å². The van der Waals surface area contributed by atoms with Crippen molar-refractivity contribution in [3.05, 3.63) is 29.1 Å². The maximum Gasteiger partial charge on any atom is 0.126 e. The molecule has 1 aliphatic rings. The van der Waals surface area contributed by atoms with Crippen LogP contribution in [0, 0.1) is 18.7 Å². The summed E-state index contributed by atoms with van der Waals surface area (Å²) in [7, 11) is 0. The molecule has 2 rings (SSSR count). The summed E-state index contributed by atoms with van der Waals surface area (Å²) in [5.41, 5.74) is 8.77. The molecule has 1 unspecified atom stereocenters. The molecule has 1 fully saturated rings. The minimum atomic E-state index is -0.153. The van der Waals surface area contributed by atoms with Gasteiger partial charge in [0.25, 0.3) is 0 Å². The summed E-state index contributed by atoms with van der Waals surface area (Å²) in [6.45, 7) is 8.16.